The molecule has 2 rings (SSSR count). The number of rotatable bonds is 3. The molecule has 0 spiro atoms. The number of aromatic hydroxyl groups is 1. The van der Waals surface area contributed by atoms with Crippen LogP contribution >= 0.6 is 0 Å². The van der Waals surface area contributed by atoms with E-state index in [1.165, 1.54) is 16.7 Å². The molecule has 0 atom stereocenters. The summed E-state index contributed by atoms with van der Waals surface area (Å²) in [4.78, 5) is 0. The van der Waals surface area contributed by atoms with Crippen molar-refractivity contribution in [1.29, 1.82) is 0 Å². The normalized spacial score (nSPS) is 10.3. The standard InChI is InChI=1S/C15H16O/c1-2-13-8-9-15(16)11-14(13)10-12-6-4-3-5-7-12/h3-9,11,16H,2,10H2,1H3. The Morgan fingerprint density at radius 2 is 1.69 bits per heavy atom. The quantitative estimate of drug-likeness (QED) is 0.825. The van der Waals surface area contributed by atoms with Gasteiger partial charge in [0.05, 0.1) is 0 Å². The van der Waals surface area contributed by atoms with E-state index in [0.29, 0.717) is 5.75 Å². The highest BCUT2D eigenvalue weighted by molar-refractivity contribution is 5.38. The van der Waals surface area contributed by atoms with Crippen molar-refractivity contribution in [2.75, 3.05) is 0 Å². The summed E-state index contributed by atoms with van der Waals surface area (Å²) in [5.74, 6) is 0.350. The number of hydrogen-bond donors (Lipinski definition) is 1. The summed E-state index contributed by atoms with van der Waals surface area (Å²) in [5.41, 5.74) is 3.80. The first-order chi connectivity index (χ1) is 7.79. The van der Waals surface area contributed by atoms with E-state index in [1.807, 2.05) is 30.3 Å². The van der Waals surface area contributed by atoms with Gasteiger partial charge in [0.25, 0.3) is 0 Å². The minimum Gasteiger partial charge on any atom is -0.508 e. The van der Waals surface area contributed by atoms with Gasteiger partial charge in [-0.15, -0.1) is 0 Å². The van der Waals surface area contributed by atoms with Gasteiger partial charge in [0.1, 0.15) is 5.75 Å². The van der Waals surface area contributed by atoms with Crippen LogP contribution in [0.5, 0.6) is 5.75 Å². The lowest BCUT2D eigenvalue weighted by Crippen LogP contribution is -1.94. The Labute approximate surface area is 96.4 Å². The van der Waals surface area contributed by atoms with Gasteiger partial charge in [-0.1, -0.05) is 43.3 Å². The lowest BCUT2D eigenvalue weighted by Gasteiger charge is -2.08. The van der Waals surface area contributed by atoms with Crippen LogP contribution in [0.4, 0.5) is 0 Å². The summed E-state index contributed by atoms with van der Waals surface area (Å²) in [6.07, 6.45) is 1.89. The van der Waals surface area contributed by atoms with Gasteiger partial charge in [0, 0.05) is 0 Å². The molecule has 0 aromatic heterocycles. The molecule has 0 aliphatic rings. The molecule has 0 radical (unpaired) electrons. The van der Waals surface area contributed by atoms with Crippen LogP contribution in [-0.2, 0) is 12.8 Å². The highest BCUT2D eigenvalue weighted by Gasteiger charge is 2.03. The van der Waals surface area contributed by atoms with Crippen LogP contribution in [0.3, 0.4) is 0 Å². The Morgan fingerprint density at radius 3 is 2.38 bits per heavy atom. The van der Waals surface area contributed by atoms with Crippen LogP contribution in [0.25, 0.3) is 0 Å². The van der Waals surface area contributed by atoms with Crippen LogP contribution in [0.1, 0.15) is 23.6 Å². The third kappa shape index (κ3) is 2.43. The van der Waals surface area contributed by atoms with Crippen molar-refractivity contribution < 1.29 is 5.11 Å². The number of phenolic OH excluding ortho intramolecular Hbond substituents is 1. The fourth-order valence-electron chi connectivity index (χ4n) is 1.94. The zero-order valence-corrected chi connectivity index (χ0v) is 9.48. The van der Waals surface area contributed by atoms with Crippen LogP contribution in [0.2, 0.25) is 0 Å². The van der Waals surface area contributed by atoms with E-state index in [2.05, 4.69) is 19.1 Å². The summed E-state index contributed by atoms with van der Waals surface area (Å²) in [7, 11) is 0. The van der Waals surface area contributed by atoms with Crippen molar-refractivity contribution in [1.82, 2.24) is 0 Å². The van der Waals surface area contributed by atoms with Crippen molar-refractivity contribution in [2.45, 2.75) is 19.8 Å². The van der Waals surface area contributed by atoms with Gasteiger partial charge < -0.3 is 5.11 Å². The van der Waals surface area contributed by atoms with Gasteiger partial charge in [-0.25, -0.2) is 0 Å². The van der Waals surface area contributed by atoms with Crippen LogP contribution in [0.15, 0.2) is 48.5 Å². The first kappa shape index (κ1) is 10.7. The zero-order chi connectivity index (χ0) is 11.4. The molecule has 0 unspecified atom stereocenters. The number of hydrogen-bond acceptors (Lipinski definition) is 1. The van der Waals surface area contributed by atoms with Gasteiger partial charge in [0.15, 0.2) is 0 Å². The predicted molar refractivity (Wildman–Crippen MR) is 66.7 cm³/mol. The number of aryl methyl sites for hydroxylation is 1. The minimum atomic E-state index is 0.350. The largest absolute Gasteiger partial charge is 0.508 e. The molecular weight excluding hydrogens is 196 g/mol. The highest BCUT2D eigenvalue weighted by Crippen LogP contribution is 2.20. The van der Waals surface area contributed by atoms with E-state index in [0.717, 1.165) is 12.8 Å². The Bertz CT molecular complexity index is 460. The van der Waals surface area contributed by atoms with Crippen LogP contribution in [-0.4, -0.2) is 5.11 Å². The van der Waals surface area contributed by atoms with Crippen LogP contribution < -0.4 is 0 Å². The second-order valence-electron chi connectivity index (χ2n) is 3.97. The fraction of sp³-hybridized carbons (Fsp3) is 0.200. The second-order valence-corrected chi connectivity index (χ2v) is 3.97. The molecule has 0 heterocycles. The molecule has 1 N–H and O–H groups in total. The van der Waals surface area contributed by atoms with Crippen molar-refractivity contribution in [3.05, 3.63) is 65.2 Å². The summed E-state index contributed by atoms with van der Waals surface area (Å²) in [6.45, 7) is 2.14. The first-order valence-corrected chi connectivity index (χ1v) is 5.64. The lowest BCUT2D eigenvalue weighted by molar-refractivity contribution is 0.474. The Kier molecular flexibility index (Phi) is 3.25. The third-order valence-electron chi connectivity index (χ3n) is 2.81. The first-order valence-electron chi connectivity index (χ1n) is 5.64. The van der Waals surface area contributed by atoms with Gasteiger partial charge in [-0.05, 0) is 41.7 Å². The summed E-state index contributed by atoms with van der Waals surface area (Å²) in [6, 6.07) is 16.0. The molecule has 0 aliphatic heterocycles. The molecule has 2 aromatic carbocycles. The number of phenols is 1. The van der Waals surface area contributed by atoms with Gasteiger partial charge in [-0.2, -0.15) is 0 Å². The molecule has 2 aromatic rings. The van der Waals surface area contributed by atoms with E-state index in [4.69, 9.17) is 0 Å². The maximum Gasteiger partial charge on any atom is 0.115 e. The van der Waals surface area contributed by atoms with Crippen molar-refractivity contribution in [3.8, 4) is 5.75 Å². The minimum absolute atomic E-state index is 0.350. The van der Waals surface area contributed by atoms with Gasteiger partial charge >= 0.3 is 0 Å². The summed E-state index contributed by atoms with van der Waals surface area (Å²) in [5, 5.41) is 9.51. The van der Waals surface area contributed by atoms with Crippen molar-refractivity contribution in [3.63, 3.8) is 0 Å². The van der Waals surface area contributed by atoms with E-state index >= 15 is 0 Å². The average molecular weight is 212 g/mol. The Balaban J connectivity index is 2.30. The van der Waals surface area contributed by atoms with E-state index in [-0.39, 0.29) is 0 Å². The molecule has 1 heteroatoms. The average Bonchev–Trinajstić information content (AvgIpc) is 2.31. The zero-order valence-electron chi connectivity index (χ0n) is 9.48. The highest BCUT2D eigenvalue weighted by atomic mass is 16.3. The molecule has 1 nitrogen and oxygen atoms in total. The SMILES string of the molecule is CCc1ccc(O)cc1Cc1ccccc1. The second kappa shape index (κ2) is 4.84. The van der Waals surface area contributed by atoms with Gasteiger partial charge in [0.2, 0.25) is 0 Å². The molecule has 82 valence electrons. The Hall–Kier alpha value is -1.76. The van der Waals surface area contributed by atoms with E-state index < -0.39 is 0 Å². The van der Waals surface area contributed by atoms with Gasteiger partial charge in [-0.3, -0.25) is 0 Å². The Morgan fingerprint density at radius 1 is 0.938 bits per heavy atom. The molecule has 0 fully saturated rings. The predicted octanol–water partition coefficient (Wildman–Crippen LogP) is 3.55. The topological polar surface area (TPSA) is 20.2 Å². The maximum absolute atomic E-state index is 9.51. The smallest absolute Gasteiger partial charge is 0.115 e. The maximum atomic E-state index is 9.51. The van der Waals surface area contributed by atoms with E-state index in [1.54, 1.807) is 6.07 Å². The summed E-state index contributed by atoms with van der Waals surface area (Å²) >= 11 is 0. The molecule has 0 saturated heterocycles. The molecular formula is C15H16O. The van der Waals surface area contributed by atoms with Crippen molar-refractivity contribution >= 4 is 0 Å². The molecule has 0 aliphatic carbocycles. The monoisotopic (exact) mass is 212 g/mol. The lowest BCUT2D eigenvalue weighted by atomic mass is 9.98. The molecule has 0 saturated carbocycles. The molecule has 0 bridgehead atoms. The fourth-order valence-corrected chi connectivity index (χ4v) is 1.94. The molecule has 0 amide bonds. The number of benzene rings is 2. The van der Waals surface area contributed by atoms with E-state index in [9.17, 15) is 5.11 Å². The third-order valence-corrected chi connectivity index (χ3v) is 2.81. The molecule has 16 heavy (non-hydrogen) atoms. The summed E-state index contributed by atoms with van der Waals surface area (Å²) < 4.78 is 0. The van der Waals surface area contributed by atoms with Crippen LogP contribution in [0, 0.1) is 0 Å². The van der Waals surface area contributed by atoms with Crippen molar-refractivity contribution in [2.24, 2.45) is 0 Å².